The first-order valence-electron chi connectivity index (χ1n) is 5.95. The standard InChI is InChI=1S/C13H20N4O/c1-16(2)6-9-5-11-12(15-8-14-11)10(13(9)18)7-17(3)4/h5,8,18H,6-7H2,1-4H3,(H,14,15). The molecule has 0 amide bonds. The maximum absolute atomic E-state index is 10.4. The average molecular weight is 248 g/mol. The predicted octanol–water partition coefficient (Wildman–Crippen LogP) is 1.39. The molecule has 0 saturated heterocycles. The molecule has 1 aromatic carbocycles. The monoisotopic (exact) mass is 248 g/mol. The summed E-state index contributed by atoms with van der Waals surface area (Å²) in [6.45, 7) is 1.38. The Morgan fingerprint density at radius 2 is 1.83 bits per heavy atom. The van der Waals surface area contributed by atoms with Crippen LogP contribution in [0.4, 0.5) is 0 Å². The molecule has 2 N–H and O–H groups in total. The molecule has 0 bridgehead atoms. The molecule has 1 heterocycles. The normalized spacial score (nSPS) is 11.9. The van der Waals surface area contributed by atoms with Gasteiger partial charge in [-0.2, -0.15) is 0 Å². The number of hydrogen-bond donors (Lipinski definition) is 2. The van der Waals surface area contributed by atoms with Gasteiger partial charge in [0.1, 0.15) is 5.75 Å². The largest absolute Gasteiger partial charge is 0.507 e. The fraction of sp³-hybridized carbons (Fsp3) is 0.462. The lowest BCUT2D eigenvalue weighted by atomic mass is 10.1. The van der Waals surface area contributed by atoms with Crippen LogP contribution >= 0.6 is 0 Å². The summed E-state index contributed by atoms with van der Waals surface area (Å²) in [7, 11) is 7.94. The van der Waals surface area contributed by atoms with Gasteiger partial charge < -0.3 is 19.9 Å². The summed E-state index contributed by atoms with van der Waals surface area (Å²) in [5.41, 5.74) is 3.63. The van der Waals surface area contributed by atoms with Crippen molar-refractivity contribution in [2.45, 2.75) is 13.1 Å². The van der Waals surface area contributed by atoms with Crippen LogP contribution in [0, 0.1) is 0 Å². The van der Waals surface area contributed by atoms with Gasteiger partial charge in [0.15, 0.2) is 0 Å². The molecule has 0 aliphatic rings. The number of nitrogens with one attached hydrogen (secondary N) is 1. The Balaban J connectivity index is 2.56. The Bertz CT molecular complexity index is 545. The highest BCUT2D eigenvalue weighted by Gasteiger charge is 2.15. The van der Waals surface area contributed by atoms with Crippen molar-refractivity contribution < 1.29 is 5.11 Å². The highest BCUT2D eigenvalue weighted by molar-refractivity contribution is 5.82. The van der Waals surface area contributed by atoms with Crippen molar-refractivity contribution in [3.05, 3.63) is 23.5 Å². The number of phenols is 1. The van der Waals surface area contributed by atoms with E-state index in [0.29, 0.717) is 18.8 Å². The number of fused-ring (bicyclic) bond motifs is 1. The number of nitrogens with zero attached hydrogens (tertiary/aromatic N) is 3. The van der Waals surface area contributed by atoms with Gasteiger partial charge in [0, 0.05) is 24.2 Å². The van der Waals surface area contributed by atoms with Crippen molar-refractivity contribution in [2.75, 3.05) is 28.2 Å². The minimum Gasteiger partial charge on any atom is -0.507 e. The molecular formula is C13H20N4O. The molecule has 0 aliphatic carbocycles. The number of benzene rings is 1. The van der Waals surface area contributed by atoms with Gasteiger partial charge in [-0.1, -0.05) is 0 Å². The number of imidazole rings is 1. The van der Waals surface area contributed by atoms with Gasteiger partial charge in [0.05, 0.1) is 17.4 Å². The summed E-state index contributed by atoms with van der Waals surface area (Å²) in [5, 5.41) is 10.4. The van der Waals surface area contributed by atoms with E-state index in [4.69, 9.17) is 0 Å². The van der Waals surface area contributed by atoms with E-state index in [1.165, 1.54) is 0 Å². The molecule has 0 fully saturated rings. The average Bonchev–Trinajstić information content (AvgIpc) is 2.70. The third kappa shape index (κ3) is 2.47. The van der Waals surface area contributed by atoms with Crippen molar-refractivity contribution in [3.8, 4) is 5.75 Å². The zero-order valence-corrected chi connectivity index (χ0v) is 11.4. The summed E-state index contributed by atoms with van der Waals surface area (Å²) in [6.07, 6.45) is 1.67. The second-order valence-electron chi connectivity index (χ2n) is 5.14. The lowest BCUT2D eigenvalue weighted by molar-refractivity contribution is 0.370. The quantitative estimate of drug-likeness (QED) is 0.858. The van der Waals surface area contributed by atoms with Crippen LogP contribution in [-0.2, 0) is 13.1 Å². The van der Waals surface area contributed by atoms with Gasteiger partial charge in [-0.3, -0.25) is 0 Å². The van der Waals surface area contributed by atoms with E-state index in [1.807, 2.05) is 44.1 Å². The van der Waals surface area contributed by atoms with Gasteiger partial charge in [0.25, 0.3) is 0 Å². The highest BCUT2D eigenvalue weighted by Crippen LogP contribution is 2.30. The molecule has 0 unspecified atom stereocenters. The fourth-order valence-corrected chi connectivity index (χ4v) is 2.13. The van der Waals surface area contributed by atoms with Crippen molar-refractivity contribution in [1.82, 2.24) is 19.8 Å². The predicted molar refractivity (Wildman–Crippen MR) is 72.5 cm³/mol. The molecule has 18 heavy (non-hydrogen) atoms. The molecular weight excluding hydrogens is 228 g/mol. The number of H-pyrrole nitrogens is 1. The van der Waals surface area contributed by atoms with Gasteiger partial charge >= 0.3 is 0 Å². The summed E-state index contributed by atoms with van der Waals surface area (Å²) in [5.74, 6) is 0.358. The van der Waals surface area contributed by atoms with Crippen LogP contribution in [0.3, 0.4) is 0 Å². The minimum absolute atomic E-state index is 0.358. The number of aromatic amines is 1. The summed E-state index contributed by atoms with van der Waals surface area (Å²) in [6, 6.07) is 1.97. The molecule has 98 valence electrons. The summed E-state index contributed by atoms with van der Waals surface area (Å²) >= 11 is 0. The Kier molecular flexibility index (Phi) is 3.54. The first-order chi connectivity index (χ1) is 8.49. The molecule has 0 saturated carbocycles. The first kappa shape index (κ1) is 12.9. The van der Waals surface area contributed by atoms with Crippen molar-refractivity contribution >= 4 is 11.0 Å². The van der Waals surface area contributed by atoms with Crippen LogP contribution < -0.4 is 0 Å². The van der Waals surface area contributed by atoms with Crippen LogP contribution in [0.5, 0.6) is 5.75 Å². The van der Waals surface area contributed by atoms with E-state index in [0.717, 1.165) is 22.2 Å². The van der Waals surface area contributed by atoms with E-state index in [9.17, 15) is 5.11 Å². The van der Waals surface area contributed by atoms with E-state index in [-0.39, 0.29) is 0 Å². The first-order valence-corrected chi connectivity index (χ1v) is 5.95. The second-order valence-corrected chi connectivity index (χ2v) is 5.14. The van der Waals surface area contributed by atoms with Crippen molar-refractivity contribution in [2.24, 2.45) is 0 Å². The number of aromatic hydroxyl groups is 1. The Morgan fingerprint density at radius 1 is 1.17 bits per heavy atom. The van der Waals surface area contributed by atoms with Crippen LogP contribution in [0.2, 0.25) is 0 Å². The summed E-state index contributed by atoms with van der Waals surface area (Å²) in [4.78, 5) is 11.5. The smallest absolute Gasteiger partial charge is 0.126 e. The molecule has 0 spiro atoms. The molecule has 1 aromatic heterocycles. The van der Waals surface area contributed by atoms with Crippen LogP contribution in [0.1, 0.15) is 11.1 Å². The number of aromatic nitrogens is 2. The van der Waals surface area contributed by atoms with Crippen LogP contribution in [0.25, 0.3) is 11.0 Å². The zero-order valence-electron chi connectivity index (χ0n) is 11.4. The van der Waals surface area contributed by atoms with Crippen molar-refractivity contribution in [3.63, 3.8) is 0 Å². The fourth-order valence-electron chi connectivity index (χ4n) is 2.13. The number of rotatable bonds is 4. The van der Waals surface area contributed by atoms with E-state index in [1.54, 1.807) is 6.33 Å². The topological polar surface area (TPSA) is 55.4 Å². The lowest BCUT2D eigenvalue weighted by Gasteiger charge is -2.17. The SMILES string of the molecule is CN(C)Cc1cc2[nH]cnc2c(CN(C)C)c1O. The van der Waals surface area contributed by atoms with E-state index >= 15 is 0 Å². The zero-order chi connectivity index (χ0) is 13.3. The van der Waals surface area contributed by atoms with Crippen LogP contribution in [-0.4, -0.2) is 53.1 Å². The van der Waals surface area contributed by atoms with Crippen LogP contribution in [0.15, 0.2) is 12.4 Å². The Hall–Kier alpha value is -1.59. The molecule has 0 radical (unpaired) electrons. The maximum Gasteiger partial charge on any atom is 0.126 e. The van der Waals surface area contributed by atoms with Gasteiger partial charge in [0.2, 0.25) is 0 Å². The Labute approximate surface area is 107 Å². The second kappa shape index (κ2) is 4.96. The molecule has 0 aliphatic heterocycles. The molecule has 2 rings (SSSR count). The molecule has 2 aromatic rings. The summed E-state index contributed by atoms with van der Waals surface area (Å²) < 4.78 is 0. The van der Waals surface area contributed by atoms with Gasteiger partial charge in [-0.25, -0.2) is 4.98 Å². The Morgan fingerprint density at radius 3 is 2.44 bits per heavy atom. The minimum atomic E-state index is 0.358. The number of phenolic OH excluding ortho intramolecular Hbond substituents is 1. The highest BCUT2D eigenvalue weighted by atomic mass is 16.3. The van der Waals surface area contributed by atoms with Gasteiger partial charge in [-0.15, -0.1) is 0 Å². The lowest BCUT2D eigenvalue weighted by Crippen LogP contribution is -2.14. The van der Waals surface area contributed by atoms with Crippen molar-refractivity contribution in [1.29, 1.82) is 0 Å². The van der Waals surface area contributed by atoms with E-state index < -0.39 is 0 Å². The molecule has 5 nitrogen and oxygen atoms in total. The molecule has 5 heteroatoms. The van der Waals surface area contributed by atoms with Gasteiger partial charge in [-0.05, 0) is 34.3 Å². The third-order valence-electron chi connectivity index (χ3n) is 2.82. The third-order valence-corrected chi connectivity index (χ3v) is 2.82. The maximum atomic E-state index is 10.4. The van der Waals surface area contributed by atoms with E-state index in [2.05, 4.69) is 9.97 Å². The molecule has 0 atom stereocenters. The number of hydrogen-bond acceptors (Lipinski definition) is 4.